The molecule has 0 bridgehead atoms. The molecule has 2 aromatic carbocycles. The summed E-state index contributed by atoms with van der Waals surface area (Å²) in [6.45, 7) is 6.36. The summed E-state index contributed by atoms with van der Waals surface area (Å²) >= 11 is 0. The third-order valence-electron chi connectivity index (χ3n) is 6.49. The minimum Gasteiger partial charge on any atom is -0.620 e. The van der Waals surface area contributed by atoms with Crippen molar-refractivity contribution in [2.45, 2.75) is 26.3 Å². The van der Waals surface area contributed by atoms with Gasteiger partial charge in [0.05, 0.1) is 11.3 Å². The van der Waals surface area contributed by atoms with Gasteiger partial charge >= 0.3 is 0 Å². The Labute approximate surface area is 193 Å². The Morgan fingerprint density at radius 1 is 1.12 bits per heavy atom. The summed E-state index contributed by atoms with van der Waals surface area (Å²) in [5.41, 5.74) is 3.60. The lowest BCUT2D eigenvalue weighted by atomic mass is 10.00. The van der Waals surface area contributed by atoms with E-state index in [-0.39, 0.29) is 12.5 Å². The van der Waals surface area contributed by atoms with E-state index in [4.69, 9.17) is 9.97 Å². The molecule has 1 aromatic heterocycles. The van der Waals surface area contributed by atoms with Gasteiger partial charge in [-0.15, -0.1) is 0 Å². The molecule has 2 N–H and O–H groups in total. The number of anilines is 1. The largest absolute Gasteiger partial charge is 0.620 e. The second kappa shape index (κ2) is 9.15. The normalized spacial score (nSPS) is 20.6. The molecule has 2 aliphatic heterocycles. The molecule has 1 unspecified atom stereocenters. The molecule has 0 aliphatic carbocycles. The van der Waals surface area contributed by atoms with Gasteiger partial charge in [-0.2, -0.15) is 4.98 Å². The monoisotopic (exact) mass is 448 g/mol. The van der Waals surface area contributed by atoms with Gasteiger partial charge in [-0.05, 0) is 68.8 Å². The minimum atomic E-state index is -0.716. The number of nitrogens with zero attached hydrogens (tertiary/aromatic N) is 4. The number of halogens is 1. The molecule has 3 heterocycles. The molecule has 0 amide bonds. The fraction of sp³-hybridized carbons (Fsp3) is 0.360. The second-order valence-electron chi connectivity index (χ2n) is 8.79. The summed E-state index contributed by atoms with van der Waals surface area (Å²) in [4.78, 5) is 12.0. The molecule has 33 heavy (non-hydrogen) atoms. The molecule has 2 aliphatic rings. The highest BCUT2D eigenvalue weighted by Gasteiger charge is 2.35. The van der Waals surface area contributed by atoms with Gasteiger partial charge in [0.25, 0.3) is 0 Å². The molecule has 1 fully saturated rings. The Morgan fingerprint density at radius 2 is 1.91 bits per heavy atom. The lowest BCUT2D eigenvalue weighted by Crippen LogP contribution is -2.50. The Hall–Kier alpha value is -2.91. The van der Waals surface area contributed by atoms with E-state index in [0.29, 0.717) is 36.2 Å². The van der Waals surface area contributed by atoms with Crippen LogP contribution in [0.2, 0.25) is 0 Å². The van der Waals surface area contributed by atoms with E-state index in [2.05, 4.69) is 15.5 Å². The van der Waals surface area contributed by atoms with Crippen molar-refractivity contribution in [3.05, 3.63) is 70.7 Å². The van der Waals surface area contributed by atoms with Gasteiger partial charge < -0.3 is 15.4 Å². The lowest BCUT2D eigenvalue weighted by molar-refractivity contribution is 0.352. The predicted octanol–water partition coefficient (Wildman–Crippen LogP) is 4.30. The number of aromatic nitrogens is 2. The van der Waals surface area contributed by atoms with Gasteiger partial charge in [-0.3, -0.25) is 9.96 Å². The summed E-state index contributed by atoms with van der Waals surface area (Å²) in [6, 6.07) is 13.9. The standard InChI is InChI=1S/C25H29FN6O/c1-18-15-19(26)9-10-21(18)23-22-16-27-17-32(33,20-7-3-2-4-8-20)24(22)30-25(29-23)28-11-14-31-12-5-6-13-31/h2-4,7-10,15,27H,5-6,11-14,16-17H2,1H3,(H,28,29,30). The molecule has 1 saturated heterocycles. The number of para-hydroxylation sites is 1. The van der Waals surface area contributed by atoms with Crippen molar-refractivity contribution in [1.82, 2.24) is 24.8 Å². The highest BCUT2D eigenvalue weighted by atomic mass is 19.1. The number of aryl methyl sites for hydroxylation is 1. The summed E-state index contributed by atoms with van der Waals surface area (Å²) in [7, 11) is 0. The van der Waals surface area contributed by atoms with Crippen LogP contribution in [0, 0.1) is 17.9 Å². The zero-order valence-electron chi connectivity index (χ0n) is 18.9. The summed E-state index contributed by atoms with van der Waals surface area (Å²) in [5, 5.41) is 20.8. The van der Waals surface area contributed by atoms with E-state index < -0.39 is 4.65 Å². The van der Waals surface area contributed by atoms with Crippen LogP contribution in [0.25, 0.3) is 11.3 Å². The van der Waals surface area contributed by atoms with Crippen LogP contribution in [0.4, 0.5) is 21.8 Å². The second-order valence-corrected chi connectivity index (χ2v) is 8.79. The Bertz CT molecular complexity index is 1140. The van der Waals surface area contributed by atoms with E-state index in [0.717, 1.165) is 36.3 Å². The maximum absolute atomic E-state index is 14.2. The fourth-order valence-corrected chi connectivity index (χ4v) is 4.76. The number of rotatable bonds is 6. The Balaban J connectivity index is 1.58. The quantitative estimate of drug-likeness (QED) is 0.433. The molecule has 0 radical (unpaired) electrons. The maximum atomic E-state index is 14.2. The zero-order valence-corrected chi connectivity index (χ0v) is 18.9. The smallest absolute Gasteiger partial charge is 0.243 e. The molecule has 3 aromatic rings. The van der Waals surface area contributed by atoms with E-state index in [1.165, 1.54) is 25.0 Å². The van der Waals surface area contributed by atoms with E-state index in [1.54, 1.807) is 6.07 Å². The molecule has 7 nitrogen and oxygen atoms in total. The number of fused-ring (bicyclic) bond motifs is 1. The van der Waals surface area contributed by atoms with Crippen molar-refractivity contribution in [3.63, 3.8) is 0 Å². The van der Waals surface area contributed by atoms with Crippen molar-refractivity contribution < 1.29 is 4.39 Å². The van der Waals surface area contributed by atoms with Crippen LogP contribution >= 0.6 is 0 Å². The number of quaternary nitrogens is 1. The minimum absolute atomic E-state index is 0.184. The number of likely N-dealkylation sites (tertiary alicyclic amines) is 1. The molecule has 172 valence electrons. The van der Waals surface area contributed by atoms with Gasteiger partial charge in [0.15, 0.2) is 0 Å². The zero-order chi connectivity index (χ0) is 22.8. The van der Waals surface area contributed by atoms with Crippen molar-refractivity contribution in [2.24, 2.45) is 0 Å². The van der Waals surface area contributed by atoms with Gasteiger partial charge in [0.1, 0.15) is 18.2 Å². The number of hydrogen-bond acceptors (Lipinski definition) is 6. The van der Waals surface area contributed by atoms with Gasteiger partial charge in [0.2, 0.25) is 11.8 Å². The third kappa shape index (κ3) is 4.35. The van der Waals surface area contributed by atoms with E-state index in [9.17, 15) is 9.60 Å². The SMILES string of the molecule is Cc1cc(F)ccc1-c1nc(NCCN2CCCC2)nc2c1CNC[N+]2([O-])c1ccccc1. The first-order valence-corrected chi connectivity index (χ1v) is 11.5. The van der Waals surface area contributed by atoms with Crippen LogP contribution in [0.5, 0.6) is 0 Å². The first-order chi connectivity index (χ1) is 16.0. The van der Waals surface area contributed by atoms with Crippen LogP contribution in [0.3, 0.4) is 0 Å². The lowest BCUT2D eigenvalue weighted by Gasteiger charge is -2.44. The first kappa shape index (κ1) is 21.9. The van der Waals surface area contributed by atoms with Crippen molar-refractivity contribution in [3.8, 4) is 11.3 Å². The molecular weight excluding hydrogens is 419 g/mol. The summed E-state index contributed by atoms with van der Waals surface area (Å²) < 4.78 is 13.1. The van der Waals surface area contributed by atoms with E-state index >= 15 is 0 Å². The van der Waals surface area contributed by atoms with Crippen LogP contribution in [0.1, 0.15) is 24.0 Å². The van der Waals surface area contributed by atoms with Gasteiger partial charge in [-0.1, -0.05) is 18.2 Å². The number of hydrogen-bond donors (Lipinski definition) is 2. The average molecular weight is 449 g/mol. The number of hydroxylamine groups is 1. The average Bonchev–Trinajstić information content (AvgIpc) is 3.34. The molecular formula is C25H29FN6O. The first-order valence-electron chi connectivity index (χ1n) is 11.5. The van der Waals surface area contributed by atoms with E-state index in [1.807, 2.05) is 37.3 Å². The van der Waals surface area contributed by atoms with Crippen LogP contribution in [-0.4, -0.2) is 47.7 Å². The van der Waals surface area contributed by atoms with Crippen molar-refractivity contribution in [2.75, 3.05) is 38.2 Å². The maximum Gasteiger partial charge on any atom is 0.243 e. The van der Waals surface area contributed by atoms with Crippen LogP contribution < -0.4 is 15.3 Å². The Kier molecular flexibility index (Phi) is 6.07. The molecule has 0 spiro atoms. The number of nitrogens with one attached hydrogen (secondary N) is 2. The molecule has 8 heteroatoms. The van der Waals surface area contributed by atoms with Gasteiger partial charge in [0, 0.05) is 25.2 Å². The summed E-state index contributed by atoms with van der Waals surface area (Å²) in [5.74, 6) is 0.569. The molecule has 0 saturated carbocycles. The fourth-order valence-electron chi connectivity index (χ4n) is 4.76. The molecule has 5 rings (SSSR count). The van der Waals surface area contributed by atoms with Crippen LogP contribution in [-0.2, 0) is 6.54 Å². The van der Waals surface area contributed by atoms with Crippen LogP contribution in [0.15, 0.2) is 48.5 Å². The third-order valence-corrected chi connectivity index (χ3v) is 6.49. The number of benzene rings is 2. The van der Waals surface area contributed by atoms with Crippen molar-refractivity contribution in [1.29, 1.82) is 0 Å². The van der Waals surface area contributed by atoms with Gasteiger partial charge in [-0.25, -0.2) is 9.37 Å². The highest BCUT2D eigenvalue weighted by molar-refractivity contribution is 5.75. The topological polar surface area (TPSA) is 76.1 Å². The highest BCUT2D eigenvalue weighted by Crippen LogP contribution is 2.41. The van der Waals surface area contributed by atoms with Crippen molar-refractivity contribution >= 4 is 17.5 Å². The molecule has 1 atom stereocenters. The summed E-state index contributed by atoms with van der Waals surface area (Å²) in [6.07, 6.45) is 2.48. The Morgan fingerprint density at radius 3 is 2.67 bits per heavy atom. The predicted molar refractivity (Wildman–Crippen MR) is 129 cm³/mol.